The lowest BCUT2D eigenvalue weighted by Crippen LogP contribution is -2.45. The lowest BCUT2D eigenvalue weighted by atomic mass is 10.0. The molecule has 34 heavy (non-hydrogen) atoms. The van der Waals surface area contributed by atoms with Crippen LogP contribution in [0.5, 0.6) is 0 Å². The molecule has 0 amide bonds. The van der Waals surface area contributed by atoms with Crippen LogP contribution in [0.4, 0.5) is 5.69 Å². The highest BCUT2D eigenvalue weighted by atomic mass is 32.1. The molecule has 2 heterocycles. The van der Waals surface area contributed by atoms with E-state index < -0.39 is 0 Å². The fourth-order valence-corrected chi connectivity index (χ4v) is 5.19. The van der Waals surface area contributed by atoms with E-state index in [1.807, 2.05) is 24.3 Å². The Morgan fingerprint density at radius 3 is 1.79 bits per heavy atom. The molecule has 6 nitrogen and oxygen atoms in total. The van der Waals surface area contributed by atoms with Crippen molar-refractivity contribution in [2.45, 2.75) is 32.7 Å². The molecule has 3 aromatic carbocycles. The second kappa shape index (κ2) is 10.0. The average molecular weight is 474 g/mol. The van der Waals surface area contributed by atoms with E-state index in [1.165, 1.54) is 16.8 Å². The van der Waals surface area contributed by atoms with Gasteiger partial charge in [0.05, 0.1) is 12.2 Å². The fraction of sp³-hybridized carbons (Fsp3) is 0.259. The molecule has 1 aromatic heterocycles. The summed E-state index contributed by atoms with van der Waals surface area (Å²) in [5.41, 5.74) is 6.53. The van der Waals surface area contributed by atoms with Crippen LogP contribution in [-0.2, 0) is 16.2 Å². The Kier molecular flexibility index (Phi) is 6.69. The molecular formula is C27H27N3O3S. The van der Waals surface area contributed by atoms with Crippen LogP contribution in [0.2, 0.25) is 0 Å². The summed E-state index contributed by atoms with van der Waals surface area (Å²) in [6.45, 7) is 6.27. The predicted molar refractivity (Wildman–Crippen MR) is 136 cm³/mol. The largest absolute Gasteiger partial charge is 0.372 e. The molecule has 2 unspecified atom stereocenters. The summed E-state index contributed by atoms with van der Waals surface area (Å²) in [5.74, 6) is 0. The molecule has 1 aliphatic rings. The van der Waals surface area contributed by atoms with Gasteiger partial charge in [-0.3, -0.25) is 5.26 Å². The van der Waals surface area contributed by atoms with Crippen molar-refractivity contribution in [2.24, 2.45) is 0 Å². The number of anilines is 1. The number of hydrogen-bond acceptors (Lipinski definition) is 7. The van der Waals surface area contributed by atoms with Crippen LogP contribution >= 0.6 is 11.3 Å². The van der Waals surface area contributed by atoms with Gasteiger partial charge in [0.25, 0.3) is 0 Å². The minimum absolute atomic E-state index is 0.169. The molecule has 2 atom stereocenters. The van der Waals surface area contributed by atoms with Gasteiger partial charge in [-0.25, -0.2) is 4.89 Å². The first-order valence-corrected chi connectivity index (χ1v) is 12.2. The number of nitrogens with zero attached hydrogens (tertiary/aromatic N) is 3. The number of benzene rings is 3. The topological polar surface area (TPSA) is 67.7 Å². The minimum Gasteiger partial charge on any atom is -0.372 e. The summed E-state index contributed by atoms with van der Waals surface area (Å²) in [5, 5.41) is 19.1. The molecule has 0 aliphatic carbocycles. The third-order valence-electron chi connectivity index (χ3n) is 5.97. The van der Waals surface area contributed by atoms with Gasteiger partial charge in [-0.05, 0) is 42.7 Å². The highest BCUT2D eigenvalue weighted by Crippen LogP contribution is 2.32. The van der Waals surface area contributed by atoms with Gasteiger partial charge in [-0.15, -0.1) is 10.2 Å². The Hall–Kier alpha value is -3.10. The summed E-state index contributed by atoms with van der Waals surface area (Å²) in [6.07, 6.45) is 0.495. The van der Waals surface area contributed by atoms with Crippen molar-refractivity contribution in [1.29, 1.82) is 0 Å². The Morgan fingerprint density at radius 2 is 1.26 bits per heavy atom. The summed E-state index contributed by atoms with van der Waals surface area (Å²) >= 11 is 1.56. The lowest BCUT2D eigenvalue weighted by molar-refractivity contribution is -0.253. The Bertz CT molecular complexity index is 1210. The number of morpholine rings is 1. The summed E-state index contributed by atoms with van der Waals surface area (Å²) in [4.78, 5) is 6.58. The van der Waals surface area contributed by atoms with Crippen molar-refractivity contribution in [3.63, 3.8) is 0 Å². The van der Waals surface area contributed by atoms with E-state index in [2.05, 4.69) is 82.4 Å². The van der Waals surface area contributed by atoms with Gasteiger partial charge in [0, 0.05) is 29.9 Å². The molecular weight excluding hydrogens is 446 g/mol. The van der Waals surface area contributed by atoms with Crippen molar-refractivity contribution in [3.8, 4) is 32.3 Å². The molecule has 1 aliphatic heterocycles. The van der Waals surface area contributed by atoms with Gasteiger partial charge in [0.2, 0.25) is 0 Å². The van der Waals surface area contributed by atoms with Crippen LogP contribution in [0.1, 0.15) is 19.4 Å². The lowest BCUT2D eigenvalue weighted by Gasteiger charge is -2.36. The molecule has 0 bridgehead atoms. The van der Waals surface area contributed by atoms with Crippen LogP contribution < -0.4 is 4.90 Å². The van der Waals surface area contributed by atoms with Gasteiger partial charge in [-0.1, -0.05) is 72.0 Å². The van der Waals surface area contributed by atoms with Gasteiger partial charge >= 0.3 is 0 Å². The third kappa shape index (κ3) is 5.03. The standard InChI is InChI=1S/C27H27N3O3S/c1-18-15-30(16-19(2)33-18)25-13-11-22(12-14-25)21-7-9-24(10-8-21)27-29-28-26(34-27)23-5-3-20(4-6-23)17-32-31/h3-14,18-19,31H,15-17H2,1-2H3. The predicted octanol–water partition coefficient (Wildman–Crippen LogP) is 6.14. The zero-order valence-corrected chi connectivity index (χ0v) is 20.0. The van der Waals surface area contributed by atoms with Crippen molar-refractivity contribution in [3.05, 3.63) is 78.4 Å². The summed E-state index contributed by atoms with van der Waals surface area (Å²) < 4.78 is 5.86. The van der Waals surface area contributed by atoms with Crippen LogP contribution in [0.15, 0.2) is 72.8 Å². The molecule has 174 valence electrons. The monoisotopic (exact) mass is 473 g/mol. The van der Waals surface area contributed by atoms with Crippen LogP contribution in [0, 0.1) is 0 Å². The number of aromatic nitrogens is 2. The number of rotatable bonds is 6. The Labute approximate surface area is 203 Å². The fourth-order valence-electron chi connectivity index (χ4n) is 4.33. The second-order valence-corrected chi connectivity index (χ2v) is 9.65. The highest BCUT2D eigenvalue weighted by Gasteiger charge is 2.22. The average Bonchev–Trinajstić information content (AvgIpc) is 3.35. The van der Waals surface area contributed by atoms with Crippen molar-refractivity contribution in [2.75, 3.05) is 18.0 Å². The molecule has 0 radical (unpaired) electrons. The smallest absolute Gasteiger partial charge is 0.148 e. The molecule has 0 saturated carbocycles. The van der Waals surface area contributed by atoms with Gasteiger partial charge in [0.1, 0.15) is 16.6 Å². The second-order valence-electron chi connectivity index (χ2n) is 8.67. The maximum atomic E-state index is 8.58. The molecule has 5 rings (SSSR count). The van der Waals surface area contributed by atoms with Gasteiger partial charge < -0.3 is 9.64 Å². The maximum Gasteiger partial charge on any atom is 0.148 e. The quantitative estimate of drug-likeness (QED) is 0.268. The van der Waals surface area contributed by atoms with Crippen LogP contribution in [-0.4, -0.2) is 40.8 Å². The number of ether oxygens (including phenoxy) is 1. The van der Waals surface area contributed by atoms with Crippen molar-refractivity contribution >= 4 is 17.0 Å². The van der Waals surface area contributed by atoms with Crippen LogP contribution in [0.25, 0.3) is 32.3 Å². The van der Waals surface area contributed by atoms with E-state index in [0.29, 0.717) is 0 Å². The van der Waals surface area contributed by atoms with E-state index in [4.69, 9.17) is 9.99 Å². The zero-order valence-electron chi connectivity index (χ0n) is 19.2. The maximum absolute atomic E-state index is 8.58. The summed E-state index contributed by atoms with van der Waals surface area (Å²) in [7, 11) is 0. The SMILES string of the molecule is CC1CN(c2ccc(-c3ccc(-c4nnc(-c5ccc(COO)cc5)s4)cc3)cc2)CC(C)O1. The van der Waals surface area contributed by atoms with Gasteiger partial charge in [0.15, 0.2) is 0 Å². The first-order valence-electron chi connectivity index (χ1n) is 11.4. The van der Waals surface area contributed by atoms with Crippen LogP contribution in [0.3, 0.4) is 0 Å². The van der Waals surface area contributed by atoms with E-state index in [-0.39, 0.29) is 18.8 Å². The molecule has 4 aromatic rings. The third-order valence-corrected chi connectivity index (χ3v) is 7.00. The normalized spacial score (nSPS) is 18.3. The first-order chi connectivity index (χ1) is 16.6. The van der Waals surface area contributed by atoms with E-state index in [0.717, 1.165) is 39.8 Å². The van der Waals surface area contributed by atoms with Gasteiger partial charge in [-0.2, -0.15) is 0 Å². The zero-order chi connectivity index (χ0) is 23.5. The molecule has 1 N–H and O–H groups in total. The van der Waals surface area contributed by atoms with E-state index >= 15 is 0 Å². The van der Waals surface area contributed by atoms with Crippen molar-refractivity contribution in [1.82, 2.24) is 10.2 Å². The molecule has 7 heteroatoms. The molecule has 1 saturated heterocycles. The Balaban J connectivity index is 1.28. The van der Waals surface area contributed by atoms with Crippen molar-refractivity contribution < 1.29 is 14.9 Å². The van der Waals surface area contributed by atoms with E-state index in [9.17, 15) is 0 Å². The highest BCUT2D eigenvalue weighted by molar-refractivity contribution is 7.17. The molecule has 1 fully saturated rings. The number of hydrogen-bond donors (Lipinski definition) is 1. The van der Waals surface area contributed by atoms with E-state index in [1.54, 1.807) is 11.3 Å². The molecule has 0 spiro atoms. The Morgan fingerprint density at radius 1 is 0.794 bits per heavy atom. The summed E-state index contributed by atoms with van der Waals surface area (Å²) in [6, 6.07) is 25.0. The first kappa shape index (κ1) is 22.7. The minimum atomic E-state index is 0.169.